The number of nitrogens with zero attached hydrogens (tertiary/aromatic N) is 1. The van der Waals surface area contributed by atoms with E-state index in [1.54, 1.807) is 43.3 Å². The van der Waals surface area contributed by atoms with Crippen LogP contribution in [0.4, 0.5) is 4.39 Å². The van der Waals surface area contributed by atoms with Crippen molar-refractivity contribution in [2.24, 2.45) is 0 Å². The second-order valence-corrected chi connectivity index (χ2v) is 6.88. The van der Waals surface area contributed by atoms with E-state index in [-0.39, 0.29) is 17.7 Å². The maximum Gasteiger partial charge on any atom is 0.296 e. The molecule has 0 bridgehead atoms. The highest BCUT2D eigenvalue weighted by molar-refractivity contribution is 6.46. The van der Waals surface area contributed by atoms with Gasteiger partial charge in [0.2, 0.25) is 0 Å². The lowest BCUT2D eigenvalue weighted by atomic mass is 9.95. The van der Waals surface area contributed by atoms with E-state index in [1.165, 1.54) is 23.3 Å². The second kappa shape index (κ2) is 7.39. The van der Waals surface area contributed by atoms with Gasteiger partial charge in [0, 0.05) is 5.56 Å². The minimum absolute atomic E-state index is 0.0656. The molecular formula is C23H18FNO4. The van der Waals surface area contributed by atoms with Gasteiger partial charge >= 0.3 is 0 Å². The molecule has 1 aromatic heterocycles. The van der Waals surface area contributed by atoms with Crippen LogP contribution >= 0.6 is 0 Å². The predicted molar refractivity (Wildman–Crippen MR) is 104 cm³/mol. The lowest BCUT2D eigenvalue weighted by molar-refractivity contribution is -0.140. The summed E-state index contributed by atoms with van der Waals surface area (Å²) >= 11 is 0. The third-order valence-corrected chi connectivity index (χ3v) is 5.01. The van der Waals surface area contributed by atoms with Gasteiger partial charge in [-0.1, -0.05) is 42.5 Å². The van der Waals surface area contributed by atoms with Crippen molar-refractivity contribution in [2.45, 2.75) is 19.5 Å². The van der Waals surface area contributed by atoms with Crippen LogP contribution in [0.1, 0.15) is 28.5 Å². The minimum atomic E-state index is -0.816. The first-order valence-electron chi connectivity index (χ1n) is 9.09. The summed E-state index contributed by atoms with van der Waals surface area (Å²) < 4.78 is 19.4. The molecule has 29 heavy (non-hydrogen) atoms. The van der Waals surface area contributed by atoms with Gasteiger partial charge in [0.1, 0.15) is 17.3 Å². The molecule has 0 radical (unpaired) electrons. The zero-order valence-corrected chi connectivity index (χ0v) is 15.6. The predicted octanol–water partition coefficient (Wildman–Crippen LogP) is 4.35. The lowest BCUT2D eigenvalue weighted by Gasteiger charge is -2.24. The molecule has 0 saturated carbocycles. The zero-order valence-electron chi connectivity index (χ0n) is 15.6. The van der Waals surface area contributed by atoms with E-state index in [1.807, 2.05) is 6.07 Å². The SMILES string of the molecule is Cc1ccc(/C(O)=C2/C(=O)C(=O)N(Cc3ccco3)C2c2ccccc2)cc1F. The molecule has 6 heteroatoms. The van der Waals surface area contributed by atoms with Gasteiger partial charge in [-0.3, -0.25) is 9.59 Å². The number of halogens is 1. The second-order valence-electron chi connectivity index (χ2n) is 6.88. The van der Waals surface area contributed by atoms with Crippen LogP contribution in [-0.4, -0.2) is 21.7 Å². The standard InChI is InChI=1S/C23H18FNO4/c1-14-9-10-16(12-18(14)24)21(26)19-20(15-6-3-2-4-7-15)25(23(28)22(19)27)13-17-8-5-11-29-17/h2-12,20,26H,13H2,1H3/b21-19-. The van der Waals surface area contributed by atoms with Crippen LogP contribution in [0.2, 0.25) is 0 Å². The van der Waals surface area contributed by atoms with Crippen molar-refractivity contribution >= 4 is 17.4 Å². The summed E-state index contributed by atoms with van der Waals surface area (Å²) in [5.74, 6) is -1.96. The summed E-state index contributed by atoms with van der Waals surface area (Å²) in [6.07, 6.45) is 1.48. The molecule has 1 N–H and O–H groups in total. The first-order chi connectivity index (χ1) is 14.0. The molecule has 146 valence electrons. The van der Waals surface area contributed by atoms with Gasteiger partial charge in [0.05, 0.1) is 24.4 Å². The zero-order chi connectivity index (χ0) is 20.5. The maximum absolute atomic E-state index is 14.0. The summed E-state index contributed by atoms with van der Waals surface area (Å²) in [5, 5.41) is 10.9. The molecule has 0 aliphatic carbocycles. The molecule has 1 unspecified atom stereocenters. The number of benzene rings is 2. The fraction of sp³-hybridized carbons (Fsp3) is 0.130. The summed E-state index contributed by atoms with van der Waals surface area (Å²) in [6, 6.07) is 15.7. The highest BCUT2D eigenvalue weighted by Crippen LogP contribution is 2.40. The van der Waals surface area contributed by atoms with Crippen LogP contribution in [0.25, 0.3) is 5.76 Å². The van der Waals surface area contributed by atoms with Gasteiger partial charge in [-0.2, -0.15) is 0 Å². The molecule has 2 aromatic carbocycles. The van der Waals surface area contributed by atoms with Gasteiger partial charge in [0.25, 0.3) is 11.7 Å². The lowest BCUT2D eigenvalue weighted by Crippen LogP contribution is -2.29. The van der Waals surface area contributed by atoms with Crippen molar-refractivity contribution in [3.05, 3.63) is 101 Å². The van der Waals surface area contributed by atoms with E-state index >= 15 is 0 Å². The third kappa shape index (κ3) is 3.33. The molecule has 2 heterocycles. The van der Waals surface area contributed by atoms with Crippen LogP contribution < -0.4 is 0 Å². The minimum Gasteiger partial charge on any atom is -0.507 e. The van der Waals surface area contributed by atoms with Crippen molar-refractivity contribution < 1.29 is 23.5 Å². The molecule has 1 amide bonds. The van der Waals surface area contributed by atoms with E-state index < -0.39 is 29.3 Å². The average Bonchev–Trinajstić information content (AvgIpc) is 3.32. The number of hydrogen-bond acceptors (Lipinski definition) is 4. The Morgan fingerprint density at radius 3 is 2.52 bits per heavy atom. The maximum atomic E-state index is 14.0. The highest BCUT2D eigenvalue weighted by atomic mass is 19.1. The fourth-order valence-electron chi connectivity index (χ4n) is 3.49. The molecule has 1 atom stereocenters. The van der Waals surface area contributed by atoms with Gasteiger partial charge in [-0.05, 0) is 36.2 Å². The number of likely N-dealkylation sites (tertiary alicyclic amines) is 1. The van der Waals surface area contributed by atoms with Gasteiger partial charge in [-0.25, -0.2) is 4.39 Å². The quantitative estimate of drug-likeness (QED) is 0.408. The Bertz CT molecular complexity index is 1100. The Kier molecular flexibility index (Phi) is 4.76. The first kappa shape index (κ1) is 18.7. The fourth-order valence-corrected chi connectivity index (χ4v) is 3.49. The Morgan fingerprint density at radius 1 is 1.10 bits per heavy atom. The molecule has 4 rings (SSSR count). The van der Waals surface area contributed by atoms with Crippen LogP contribution in [-0.2, 0) is 16.1 Å². The van der Waals surface area contributed by atoms with Crippen molar-refractivity contribution in [3.63, 3.8) is 0 Å². The highest BCUT2D eigenvalue weighted by Gasteiger charge is 2.46. The molecular weight excluding hydrogens is 373 g/mol. The molecule has 1 aliphatic heterocycles. The normalized spacial score (nSPS) is 18.4. The molecule has 0 spiro atoms. The largest absolute Gasteiger partial charge is 0.507 e. The summed E-state index contributed by atoms with van der Waals surface area (Å²) in [7, 11) is 0. The third-order valence-electron chi connectivity index (χ3n) is 5.01. The number of aliphatic hydroxyl groups is 1. The van der Waals surface area contributed by atoms with Gasteiger partial charge < -0.3 is 14.4 Å². The topological polar surface area (TPSA) is 70.8 Å². The van der Waals surface area contributed by atoms with E-state index in [9.17, 15) is 19.1 Å². The summed E-state index contributed by atoms with van der Waals surface area (Å²) in [5.41, 5.74) is 1.15. The summed E-state index contributed by atoms with van der Waals surface area (Å²) in [6.45, 7) is 1.67. The van der Waals surface area contributed by atoms with Crippen molar-refractivity contribution in [3.8, 4) is 0 Å². The number of amides is 1. The van der Waals surface area contributed by atoms with E-state index in [4.69, 9.17) is 4.42 Å². The van der Waals surface area contributed by atoms with E-state index in [2.05, 4.69) is 0 Å². The number of rotatable bonds is 4. The molecule has 1 aliphatic rings. The smallest absolute Gasteiger partial charge is 0.296 e. The molecule has 1 fully saturated rings. The van der Waals surface area contributed by atoms with Crippen LogP contribution in [0, 0.1) is 12.7 Å². The average molecular weight is 391 g/mol. The van der Waals surface area contributed by atoms with Crippen LogP contribution in [0.15, 0.2) is 76.9 Å². The van der Waals surface area contributed by atoms with Gasteiger partial charge in [-0.15, -0.1) is 0 Å². The Labute approximate surface area is 166 Å². The number of furan rings is 1. The van der Waals surface area contributed by atoms with Crippen molar-refractivity contribution in [1.29, 1.82) is 0 Å². The number of Topliss-reactive ketones (excluding diaryl/α,β-unsaturated/α-hetero) is 1. The monoisotopic (exact) mass is 391 g/mol. The molecule has 1 saturated heterocycles. The number of ketones is 1. The van der Waals surface area contributed by atoms with E-state index in [0.717, 1.165) is 6.07 Å². The number of aryl methyl sites for hydroxylation is 1. The van der Waals surface area contributed by atoms with Crippen molar-refractivity contribution in [1.82, 2.24) is 4.90 Å². The number of carbonyl (C=O) groups excluding carboxylic acids is 2. The van der Waals surface area contributed by atoms with Crippen LogP contribution in [0.3, 0.4) is 0 Å². The number of aliphatic hydroxyl groups excluding tert-OH is 1. The Hall–Kier alpha value is -3.67. The van der Waals surface area contributed by atoms with Crippen LogP contribution in [0.5, 0.6) is 0 Å². The summed E-state index contributed by atoms with van der Waals surface area (Å²) in [4.78, 5) is 27.0. The van der Waals surface area contributed by atoms with E-state index in [0.29, 0.717) is 16.9 Å². The molecule has 5 nitrogen and oxygen atoms in total. The Morgan fingerprint density at radius 2 is 1.86 bits per heavy atom. The number of carbonyl (C=O) groups is 2. The molecule has 3 aromatic rings. The first-order valence-corrected chi connectivity index (χ1v) is 9.09. The number of hydrogen-bond donors (Lipinski definition) is 1. The van der Waals surface area contributed by atoms with Gasteiger partial charge in [0.15, 0.2) is 0 Å². The van der Waals surface area contributed by atoms with Crippen molar-refractivity contribution in [2.75, 3.05) is 0 Å². The Balaban J connectivity index is 1.87.